The van der Waals surface area contributed by atoms with Crippen LogP contribution in [-0.4, -0.2) is 40.7 Å². The maximum atomic E-state index is 12.8. The van der Waals surface area contributed by atoms with Gasteiger partial charge in [-0.2, -0.15) is 0 Å². The SMILES string of the molecule is CC(C)Cn1c(N)c(C(=O)CSc2n[nH]c3nc4ccccc4n23)c(=O)[nH]c1=O. The molecule has 0 fully saturated rings. The molecule has 0 aliphatic carbocycles. The lowest BCUT2D eigenvalue weighted by Crippen LogP contribution is -2.37. The van der Waals surface area contributed by atoms with Crippen LogP contribution in [0.15, 0.2) is 39.0 Å². The number of para-hydroxylation sites is 2. The number of hydrogen-bond acceptors (Lipinski definition) is 7. The highest BCUT2D eigenvalue weighted by Gasteiger charge is 2.21. The molecule has 10 nitrogen and oxygen atoms in total. The van der Waals surface area contributed by atoms with Crippen LogP contribution in [0, 0.1) is 5.92 Å². The topological polar surface area (TPSA) is 144 Å². The Morgan fingerprint density at radius 2 is 2.03 bits per heavy atom. The number of H-pyrrole nitrogens is 2. The van der Waals surface area contributed by atoms with E-state index in [1.54, 1.807) is 4.40 Å². The minimum absolute atomic E-state index is 0.0698. The number of thioether (sulfide) groups is 1. The highest BCUT2D eigenvalue weighted by atomic mass is 32.2. The van der Waals surface area contributed by atoms with E-state index in [0.29, 0.717) is 17.5 Å². The summed E-state index contributed by atoms with van der Waals surface area (Å²) in [7, 11) is 0. The summed E-state index contributed by atoms with van der Waals surface area (Å²) in [5.41, 5.74) is 6.06. The summed E-state index contributed by atoms with van der Waals surface area (Å²) in [4.78, 5) is 43.7. The molecule has 29 heavy (non-hydrogen) atoms. The van der Waals surface area contributed by atoms with Gasteiger partial charge in [0.2, 0.25) is 5.78 Å². The van der Waals surface area contributed by atoms with Crippen LogP contribution in [0.5, 0.6) is 0 Å². The highest BCUT2D eigenvalue weighted by Crippen LogP contribution is 2.23. The summed E-state index contributed by atoms with van der Waals surface area (Å²) in [6.45, 7) is 4.12. The molecule has 0 aliphatic heterocycles. The van der Waals surface area contributed by atoms with Gasteiger partial charge in [-0.1, -0.05) is 37.7 Å². The van der Waals surface area contributed by atoms with Crippen molar-refractivity contribution in [2.45, 2.75) is 25.5 Å². The molecule has 11 heteroatoms. The van der Waals surface area contributed by atoms with Gasteiger partial charge in [-0.05, 0) is 18.1 Å². The zero-order valence-corrected chi connectivity index (χ0v) is 16.6. The number of imidazole rings is 1. The summed E-state index contributed by atoms with van der Waals surface area (Å²) < 4.78 is 3.03. The Bertz CT molecular complexity index is 1350. The van der Waals surface area contributed by atoms with Crippen molar-refractivity contribution in [1.29, 1.82) is 0 Å². The number of carbonyl (C=O) groups excluding carboxylic acids is 1. The molecule has 0 atom stereocenters. The first-order valence-electron chi connectivity index (χ1n) is 8.97. The van der Waals surface area contributed by atoms with E-state index in [0.717, 1.165) is 22.8 Å². The Balaban J connectivity index is 1.65. The Labute approximate surface area is 168 Å². The first-order valence-corrected chi connectivity index (χ1v) is 9.95. The predicted octanol–water partition coefficient (Wildman–Crippen LogP) is 1.27. The van der Waals surface area contributed by atoms with E-state index in [-0.39, 0.29) is 23.1 Å². The number of benzene rings is 1. The van der Waals surface area contributed by atoms with Crippen molar-refractivity contribution in [3.8, 4) is 0 Å². The standard InChI is InChI=1S/C18H19N7O3S/c1-9(2)7-24-14(19)13(15(27)21-17(24)28)12(26)8-29-18-23-22-16-20-10-5-3-4-6-11(10)25(16)18/h3-6,9H,7-8,19H2,1-2H3,(H,20,22)(H,21,27,28). The van der Waals surface area contributed by atoms with Gasteiger partial charge in [0.15, 0.2) is 10.9 Å². The van der Waals surface area contributed by atoms with Gasteiger partial charge in [-0.3, -0.25) is 23.5 Å². The normalized spacial score (nSPS) is 11.7. The second-order valence-corrected chi connectivity index (χ2v) is 7.94. The van der Waals surface area contributed by atoms with Crippen LogP contribution in [0.1, 0.15) is 24.2 Å². The van der Waals surface area contributed by atoms with Crippen molar-refractivity contribution < 1.29 is 4.79 Å². The predicted molar refractivity (Wildman–Crippen MR) is 110 cm³/mol. The van der Waals surface area contributed by atoms with E-state index < -0.39 is 17.0 Å². The lowest BCUT2D eigenvalue weighted by Gasteiger charge is -2.13. The number of rotatable bonds is 6. The molecule has 0 unspecified atom stereocenters. The van der Waals surface area contributed by atoms with E-state index >= 15 is 0 Å². The monoisotopic (exact) mass is 413 g/mol. The zero-order chi connectivity index (χ0) is 20.7. The fourth-order valence-corrected chi connectivity index (χ4v) is 3.97. The van der Waals surface area contributed by atoms with Crippen LogP contribution in [0.3, 0.4) is 0 Å². The Morgan fingerprint density at radius 3 is 2.79 bits per heavy atom. The smallest absolute Gasteiger partial charge is 0.329 e. The minimum atomic E-state index is -0.779. The number of carbonyl (C=O) groups is 1. The number of nitrogen functional groups attached to an aromatic ring is 1. The van der Waals surface area contributed by atoms with Crippen molar-refractivity contribution in [2.24, 2.45) is 5.92 Å². The van der Waals surface area contributed by atoms with Crippen molar-refractivity contribution in [3.05, 3.63) is 50.7 Å². The molecule has 4 rings (SSSR count). The lowest BCUT2D eigenvalue weighted by molar-refractivity contribution is 0.102. The lowest BCUT2D eigenvalue weighted by atomic mass is 10.2. The molecule has 3 heterocycles. The van der Waals surface area contributed by atoms with Crippen molar-refractivity contribution >= 4 is 40.2 Å². The molecule has 4 aromatic rings. The molecule has 1 aromatic carbocycles. The molecular weight excluding hydrogens is 394 g/mol. The fourth-order valence-electron chi connectivity index (χ4n) is 3.15. The number of ketones is 1. The Morgan fingerprint density at radius 1 is 1.28 bits per heavy atom. The van der Waals surface area contributed by atoms with Gasteiger partial charge in [-0.15, -0.1) is 5.10 Å². The summed E-state index contributed by atoms with van der Waals surface area (Å²) in [6.07, 6.45) is 0. The average molecular weight is 413 g/mol. The number of fused-ring (bicyclic) bond motifs is 3. The minimum Gasteiger partial charge on any atom is -0.384 e. The number of aromatic nitrogens is 6. The number of aromatic amines is 2. The zero-order valence-electron chi connectivity index (χ0n) is 15.8. The maximum absolute atomic E-state index is 12.8. The van der Waals surface area contributed by atoms with E-state index in [9.17, 15) is 14.4 Å². The molecule has 0 saturated heterocycles. The van der Waals surface area contributed by atoms with Crippen LogP contribution >= 0.6 is 11.8 Å². The summed E-state index contributed by atoms with van der Waals surface area (Å²) in [6, 6.07) is 7.57. The quantitative estimate of drug-likeness (QED) is 0.319. The van der Waals surface area contributed by atoms with Crippen molar-refractivity contribution in [1.82, 2.24) is 29.1 Å². The van der Waals surface area contributed by atoms with Crippen LogP contribution in [-0.2, 0) is 6.54 Å². The molecule has 150 valence electrons. The van der Waals surface area contributed by atoms with Crippen LogP contribution in [0.2, 0.25) is 0 Å². The Hall–Kier alpha value is -3.34. The Kier molecular flexibility index (Phi) is 4.74. The van der Waals surface area contributed by atoms with E-state index in [1.165, 1.54) is 4.57 Å². The van der Waals surface area contributed by atoms with Gasteiger partial charge in [0, 0.05) is 6.54 Å². The van der Waals surface area contributed by atoms with Crippen LogP contribution < -0.4 is 17.0 Å². The maximum Gasteiger partial charge on any atom is 0.329 e. The van der Waals surface area contributed by atoms with Gasteiger partial charge in [0.25, 0.3) is 5.56 Å². The number of Topliss-reactive ketones (excluding diaryl/α,β-unsaturated/α-hetero) is 1. The van der Waals surface area contributed by atoms with Gasteiger partial charge < -0.3 is 5.73 Å². The third kappa shape index (κ3) is 3.33. The molecule has 0 radical (unpaired) electrons. The summed E-state index contributed by atoms with van der Waals surface area (Å²) in [5, 5.41) is 7.57. The van der Waals surface area contributed by atoms with E-state index in [1.807, 2.05) is 38.1 Å². The number of hydrogen-bond donors (Lipinski definition) is 3. The van der Waals surface area contributed by atoms with Crippen molar-refractivity contribution in [3.63, 3.8) is 0 Å². The van der Waals surface area contributed by atoms with Crippen LogP contribution in [0.25, 0.3) is 16.8 Å². The van der Waals surface area contributed by atoms with E-state index in [4.69, 9.17) is 5.73 Å². The third-order valence-corrected chi connectivity index (χ3v) is 5.34. The molecule has 0 spiro atoms. The average Bonchev–Trinajstić information content (AvgIpc) is 3.22. The first-order chi connectivity index (χ1) is 13.9. The van der Waals surface area contributed by atoms with Gasteiger partial charge in [0.1, 0.15) is 11.4 Å². The molecule has 0 aliphatic rings. The first kappa shape index (κ1) is 19.0. The molecular formula is C18H19N7O3S. The van der Waals surface area contributed by atoms with Crippen molar-refractivity contribution in [2.75, 3.05) is 11.5 Å². The molecule has 0 amide bonds. The number of nitrogens with one attached hydrogen (secondary N) is 2. The molecule has 3 aromatic heterocycles. The number of nitrogens with zero attached hydrogens (tertiary/aromatic N) is 4. The highest BCUT2D eigenvalue weighted by molar-refractivity contribution is 7.99. The fraction of sp³-hybridized carbons (Fsp3) is 0.278. The molecule has 0 saturated carbocycles. The molecule has 0 bridgehead atoms. The van der Waals surface area contributed by atoms with Gasteiger partial charge >= 0.3 is 5.69 Å². The molecule has 4 N–H and O–H groups in total. The second kappa shape index (κ2) is 7.24. The van der Waals surface area contributed by atoms with E-state index in [2.05, 4.69) is 20.2 Å². The summed E-state index contributed by atoms with van der Waals surface area (Å²) >= 11 is 1.16. The third-order valence-electron chi connectivity index (χ3n) is 4.40. The number of anilines is 1. The largest absolute Gasteiger partial charge is 0.384 e. The van der Waals surface area contributed by atoms with Crippen LogP contribution in [0.4, 0.5) is 5.82 Å². The van der Waals surface area contributed by atoms with Gasteiger partial charge in [0.05, 0.1) is 16.8 Å². The second-order valence-electron chi connectivity index (χ2n) is 7.00. The number of nitrogens with two attached hydrogens (primary N) is 1. The summed E-state index contributed by atoms with van der Waals surface area (Å²) in [5.74, 6) is 0.0128. The van der Waals surface area contributed by atoms with Gasteiger partial charge in [-0.25, -0.2) is 14.9 Å².